The first-order chi connectivity index (χ1) is 10.8. The number of piperidine rings is 3. The van der Waals surface area contributed by atoms with Crippen LogP contribution in [0.5, 0.6) is 0 Å². The molecule has 1 aromatic heterocycles. The van der Waals surface area contributed by atoms with E-state index in [4.69, 9.17) is 0 Å². The molecular formula is C17H22N4O. The Morgan fingerprint density at radius 2 is 2.09 bits per heavy atom. The third-order valence-corrected chi connectivity index (χ3v) is 5.21. The van der Waals surface area contributed by atoms with E-state index >= 15 is 0 Å². The number of hydrogen-bond acceptors (Lipinski definition) is 4. The topological polar surface area (TPSA) is 54.2 Å². The average molecular weight is 298 g/mol. The van der Waals surface area contributed by atoms with Gasteiger partial charge in [0.2, 0.25) is 0 Å². The number of aliphatic hydroxyl groups excluding tert-OH is 1. The van der Waals surface area contributed by atoms with Gasteiger partial charge in [0.05, 0.1) is 18.8 Å². The second kappa shape index (κ2) is 5.82. The van der Waals surface area contributed by atoms with Crippen LogP contribution in [0.15, 0.2) is 36.5 Å². The zero-order chi connectivity index (χ0) is 14.9. The maximum Gasteiger partial charge on any atom is 0.0873 e. The largest absolute Gasteiger partial charge is 0.395 e. The summed E-state index contributed by atoms with van der Waals surface area (Å²) in [5.74, 6) is 1.12. The first-order valence-electron chi connectivity index (χ1n) is 8.12. The van der Waals surface area contributed by atoms with Gasteiger partial charge in [-0.15, -0.1) is 5.10 Å². The van der Waals surface area contributed by atoms with Gasteiger partial charge in [-0.05, 0) is 30.9 Å². The van der Waals surface area contributed by atoms with Crippen molar-refractivity contribution in [1.29, 1.82) is 0 Å². The highest BCUT2D eigenvalue weighted by Gasteiger charge is 2.41. The first kappa shape index (κ1) is 13.9. The quantitative estimate of drug-likeness (QED) is 0.929. The molecule has 5 nitrogen and oxygen atoms in total. The summed E-state index contributed by atoms with van der Waals surface area (Å²) in [5, 5.41) is 18.2. The van der Waals surface area contributed by atoms with E-state index in [1.165, 1.54) is 12.0 Å². The summed E-state index contributed by atoms with van der Waals surface area (Å²) in [6.07, 6.45) is 4.41. The number of aromatic nitrogens is 3. The molecule has 0 radical (unpaired) electrons. The highest BCUT2D eigenvalue weighted by molar-refractivity contribution is 5.16. The minimum Gasteiger partial charge on any atom is -0.395 e. The lowest BCUT2D eigenvalue weighted by atomic mass is 9.74. The molecule has 0 saturated carbocycles. The highest BCUT2D eigenvalue weighted by Crippen LogP contribution is 2.40. The van der Waals surface area contributed by atoms with Crippen LogP contribution in [0.3, 0.4) is 0 Å². The van der Waals surface area contributed by atoms with Gasteiger partial charge < -0.3 is 5.11 Å². The SMILES string of the molecule is OC[C@H]1C[C@H]2CCN1C[C@@H]2c1cn(Cc2ccccc2)nn1. The molecule has 3 aliphatic rings. The van der Waals surface area contributed by atoms with Gasteiger partial charge in [0.1, 0.15) is 0 Å². The van der Waals surface area contributed by atoms with E-state index in [2.05, 4.69) is 45.7 Å². The Bertz CT molecular complexity index is 627. The van der Waals surface area contributed by atoms with Crippen LogP contribution >= 0.6 is 0 Å². The monoisotopic (exact) mass is 298 g/mol. The standard InChI is InChI=1S/C17H22N4O/c22-12-15-8-14-6-7-20(15)10-16(14)17-11-21(19-18-17)9-13-4-2-1-3-5-13/h1-5,11,14-16,22H,6-10,12H2/t14-,15-,16+/m1/s1. The van der Waals surface area contributed by atoms with Crippen LogP contribution in [0.2, 0.25) is 0 Å². The molecule has 5 heteroatoms. The van der Waals surface area contributed by atoms with Crippen LogP contribution in [0.25, 0.3) is 0 Å². The lowest BCUT2D eigenvalue weighted by molar-refractivity contribution is 0.00184. The summed E-state index contributed by atoms with van der Waals surface area (Å²) in [6.45, 7) is 3.18. The molecule has 0 spiro atoms. The summed E-state index contributed by atoms with van der Waals surface area (Å²) >= 11 is 0. The zero-order valence-corrected chi connectivity index (χ0v) is 12.7. The van der Waals surface area contributed by atoms with Crippen molar-refractivity contribution < 1.29 is 5.11 Å². The minimum absolute atomic E-state index is 0.282. The van der Waals surface area contributed by atoms with Gasteiger partial charge in [-0.2, -0.15) is 0 Å². The van der Waals surface area contributed by atoms with Crippen LogP contribution in [0, 0.1) is 5.92 Å². The lowest BCUT2D eigenvalue weighted by Crippen LogP contribution is -2.53. The van der Waals surface area contributed by atoms with Crippen LogP contribution in [0.4, 0.5) is 0 Å². The van der Waals surface area contributed by atoms with Crippen molar-refractivity contribution in [3.05, 3.63) is 47.8 Å². The van der Waals surface area contributed by atoms with Gasteiger partial charge in [-0.1, -0.05) is 35.5 Å². The normalized spacial score (nSPS) is 30.6. The molecule has 4 heterocycles. The summed E-state index contributed by atoms with van der Waals surface area (Å²) in [7, 11) is 0. The van der Waals surface area contributed by atoms with Crippen molar-refractivity contribution in [2.24, 2.45) is 5.92 Å². The summed E-state index contributed by atoms with van der Waals surface area (Å²) in [6, 6.07) is 10.7. The second-order valence-electron chi connectivity index (χ2n) is 6.55. The number of rotatable bonds is 4. The van der Waals surface area contributed by atoms with Gasteiger partial charge in [0.25, 0.3) is 0 Å². The number of nitrogens with zero attached hydrogens (tertiary/aromatic N) is 4. The van der Waals surface area contributed by atoms with Gasteiger partial charge in [0.15, 0.2) is 0 Å². The van der Waals surface area contributed by atoms with E-state index < -0.39 is 0 Å². The number of hydrogen-bond donors (Lipinski definition) is 1. The molecule has 3 saturated heterocycles. The van der Waals surface area contributed by atoms with E-state index in [9.17, 15) is 5.11 Å². The van der Waals surface area contributed by atoms with E-state index in [1.807, 2.05) is 10.7 Å². The number of aliphatic hydroxyl groups is 1. The van der Waals surface area contributed by atoms with Crippen molar-refractivity contribution in [3.63, 3.8) is 0 Å². The molecule has 116 valence electrons. The predicted molar refractivity (Wildman–Crippen MR) is 83.5 cm³/mol. The maximum atomic E-state index is 9.46. The van der Waals surface area contributed by atoms with Crippen LogP contribution in [0.1, 0.15) is 30.0 Å². The molecule has 5 rings (SSSR count). The molecule has 4 atom stereocenters. The third kappa shape index (κ3) is 2.55. The Morgan fingerprint density at radius 3 is 2.82 bits per heavy atom. The molecule has 1 unspecified atom stereocenters. The lowest BCUT2D eigenvalue weighted by Gasteiger charge is -2.48. The van der Waals surface area contributed by atoms with Crippen molar-refractivity contribution >= 4 is 0 Å². The van der Waals surface area contributed by atoms with Gasteiger partial charge in [-0.3, -0.25) is 4.90 Å². The van der Waals surface area contributed by atoms with Crippen LogP contribution in [-0.2, 0) is 6.54 Å². The summed E-state index contributed by atoms with van der Waals surface area (Å²) in [5.41, 5.74) is 2.36. The fraction of sp³-hybridized carbons (Fsp3) is 0.529. The number of benzene rings is 1. The zero-order valence-electron chi connectivity index (χ0n) is 12.7. The van der Waals surface area contributed by atoms with Crippen LogP contribution < -0.4 is 0 Å². The Balaban J connectivity index is 1.48. The molecule has 3 aliphatic heterocycles. The molecule has 1 N–H and O–H groups in total. The van der Waals surface area contributed by atoms with Crippen molar-refractivity contribution in [1.82, 2.24) is 19.9 Å². The third-order valence-electron chi connectivity index (χ3n) is 5.21. The minimum atomic E-state index is 0.282. The first-order valence-corrected chi connectivity index (χ1v) is 8.12. The van der Waals surface area contributed by atoms with Crippen LogP contribution in [-0.4, -0.2) is 50.7 Å². The summed E-state index contributed by atoms with van der Waals surface area (Å²) in [4.78, 5) is 2.42. The van der Waals surface area contributed by atoms with Gasteiger partial charge in [-0.25, -0.2) is 4.68 Å². The van der Waals surface area contributed by atoms with E-state index in [0.29, 0.717) is 17.9 Å². The highest BCUT2D eigenvalue weighted by atomic mass is 16.3. The van der Waals surface area contributed by atoms with E-state index in [-0.39, 0.29) is 6.61 Å². The average Bonchev–Trinajstić information content (AvgIpc) is 3.04. The molecule has 0 amide bonds. The van der Waals surface area contributed by atoms with Crippen molar-refractivity contribution in [3.8, 4) is 0 Å². The fourth-order valence-corrected chi connectivity index (χ4v) is 3.99. The second-order valence-corrected chi connectivity index (χ2v) is 6.55. The predicted octanol–water partition coefficient (Wildman–Crippen LogP) is 1.50. The van der Waals surface area contributed by atoms with Gasteiger partial charge in [0, 0.05) is 24.7 Å². The van der Waals surface area contributed by atoms with Crippen molar-refractivity contribution in [2.45, 2.75) is 31.3 Å². The maximum absolute atomic E-state index is 9.46. The van der Waals surface area contributed by atoms with E-state index in [1.54, 1.807) is 0 Å². The molecule has 22 heavy (non-hydrogen) atoms. The molecule has 2 bridgehead atoms. The molecule has 1 aromatic carbocycles. The molecular weight excluding hydrogens is 276 g/mol. The van der Waals surface area contributed by atoms with E-state index in [0.717, 1.165) is 31.7 Å². The fourth-order valence-electron chi connectivity index (χ4n) is 3.99. The Hall–Kier alpha value is -1.72. The Labute approximate surface area is 130 Å². The molecule has 3 fully saturated rings. The molecule has 0 aliphatic carbocycles. The Morgan fingerprint density at radius 1 is 1.23 bits per heavy atom. The van der Waals surface area contributed by atoms with Gasteiger partial charge >= 0.3 is 0 Å². The number of fused-ring (bicyclic) bond motifs is 3. The smallest absolute Gasteiger partial charge is 0.0873 e. The summed E-state index contributed by atoms with van der Waals surface area (Å²) < 4.78 is 1.94. The van der Waals surface area contributed by atoms with Crippen molar-refractivity contribution in [2.75, 3.05) is 19.7 Å². The Kier molecular flexibility index (Phi) is 3.68. The molecule has 2 aromatic rings.